The lowest BCUT2D eigenvalue weighted by molar-refractivity contribution is -0.143. The molecule has 0 fully saturated rings. The molecule has 0 amide bonds. The van der Waals surface area contributed by atoms with Crippen LogP contribution in [0.15, 0.2) is 12.7 Å². The average Bonchev–Trinajstić information content (AvgIpc) is 2.34. The van der Waals surface area contributed by atoms with Crippen molar-refractivity contribution in [2.75, 3.05) is 0 Å². The first-order chi connectivity index (χ1) is 8.24. The van der Waals surface area contributed by atoms with Crippen LogP contribution in [0.25, 0.3) is 0 Å². The monoisotopic (exact) mass is 240 g/mol. The van der Waals surface area contributed by atoms with E-state index >= 15 is 0 Å². The minimum atomic E-state index is -0.276. The number of rotatable bonds is 11. The number of ether oxygens (including phenoxy) is 1. The third kappa shape index (κ3) is 10.1. The Morgan fingerprint density at radius 1 is 1.06 bits per heavy atom. The van der Waals surface area contributed by atoms with Crippen LogP contribution in [0.1, 0.15) is 71.6 Å². The largest absolute Gasteiger partial charge is 0.459 e. The molecule has 0 aromatic rings. The van der Waals surface area contributed by atoms with E-state index in [1.54, 1.807) is 0 Å². The van der Waals surface area contributed by atoms with Crippen LogP contribution in [0, 0.1) is 0 Å². The number of esters is 1. The third-order valence-electron chi connectivity index (χ3n) is 2.96. The number of carbonyl (C=O) groups excluding carboxylic acids is 1. The molecule has 0 aliphatic heterocycles. The second kappa shape index (κ2) is 11.7. The summed E-state index contributed by atoms with van der Waals surface area (Å²) >= 11 is 0. The molecule has 0 N–H and O–H groups in total. The van der Waals surface area contributed by atoms with Crippen LogP contribution in [-0.2, 0) is 9.53 Å². The summed E-state index contributed by atoms with van der Waals surface area (Å²) < 4.78 is 5.37. The number of hydrogen-bond donors (Lipinski definition) is 0. The molecule has 0 aliphatic carbocycles. The van der Waals surface area contributed by atoms with Gasteiger partial charge in [-0.3, -0.25) is 0 Å². The Labute approximate surface area is 106 Å². The summed E-state index contributed by atoms with van der Waals surface area (Å²) in [4.78, 5) is 11.2. The second-order valence-corrected chi connectivity index (χ2v) is 4.61. The molecule has 0 radical (unpaired) electrons. The average molecular weight is 240 g/mol. The molecule has 100 valence electrons. The van der Waals surface area contributed by atoms with Crippen LogP contribution in [0.2, 0.25) is 0 Å². The molecule has 0 bridgehead atoms. The minimum absolute atomic E-state index is 0.101. The molecule has 0 rings (SSSR count). The van der Waals surface area contributed by atoms with Crippen molar-refractivity contribution in [3.8, 4) is 0 Å². The first-order valence-electron chi connectivity index (χ1n) is 7.07. The van der Waals surface area contributed by atoms with Crippen molar-refractivity contribution >= 4 is 5.97 Å². The smallest absolute Gasteiger partial charge is 0.330 e. The lowest BCUT2D eigenvalue weighted by Crippen LogP contribution is -2.16. The summed E-state index contributed by atoms with van der Waals surface area (Å²) in [5.74, 6) is -0.276. The van der Waals surface area contributed by atoms with E-state index < -0.39 is 0 Å². The van der Waals surface area contributed by atoms with Gasteiger partial charge in [-0.05, 0) is 25.7 Å². The normalized spacial score (nSPS) is 12.1. The van der Waals surface area contributed by atoms with Crippen LogP contribution >= 0.6 is 0 Å². The van der Waals surface area contributed by atoms with Crippen LogP contribution < -0.4 is 0 Å². The van der Waals surface area contributed by atoms with Crippen LogP contribution in [0.4, 0.5) is 0 Å². The van der Waals surface area contributed by atoms with Crippen molar-refractivity contribution in [3.05, 3.63) is 12.7 Å². The van der Waals surface area contributed by atoms with E-state index in [9.17, 15) is 4.79 Å². The highest BCUT2D eigenvalue weighted by Crippen LogP contribution is 2.15. The molecule has 2 nitrogen and oxygen atoms in total. The standard InChI is InChI=1S/C15H28O2/c1-4-7-9-11-13-14(12-10-8-5-2)17-15(16)6-3/h6,14H,3-5,7-13H2,1-2H3. The van der Waals surface area contributed by atoms with Gasteiger partial charge in [-0.2, -0.15) is 0 Å². The van der Waals surface area contributed by atoms with Gasteiger partial charge in [0.15, 0.2) is 0 Å². The highest BCUT2D eigenvalue weighted by atomic mass is 16.5. The van der Waals surface area contributed by atoms with Crippen molar-refractivity contribution in [2.45, 2.75) is 77.7 Å². The fourth-order valence-electron chi connectivity index (χ4n) is 1.90. The topological polar surface area (TPSA) is 26.3 Å². The maximum absolute atomic E-state index is 11.2. The van der Waals surface area contributed by atoms with Gasteiger partial charge >= 0.3 is 5.97 Å². The summed E-state index contributed by atoms with van der Waals surface area (Å²) in [7, 11) is 0. The molecule has 0 aromatic heterocycles. The Hall–Kier alpha value is -0.790. The van der Waals surface area contributed by atoms with Gasteiger partial charge in [0, 0.05) is 6.08 Å². The van der Waals surface area contributed by atoms with E-state index in [0.717, 1.165) is 25.7 Å². The van der Waals surface area contributed by atoms with Crippen molar-refractivity contribution in [1.29, 1.82) is 0 Å². The van der Waals surface area contributed by atoms with E-state index in [1.165, 1.54) is 38.2 Å². The molecule has 0 spiro atoms. The predicted molar refractivity (Wildman–Crippen MR) is 73.0 cm³/mol. The van der Waals surface area contributed by atoms with Crippen LogP contribution in [-0.4, -0.2) is 12.1 Å². The van der Waals surface area contributed by atoms with Crippen molar-refractivity contribution in [3.63, 3.8) is 0 Å². The summed E-state index contributed by atoms with van der Waals surface area (Å²) in [5, 5.41) is 0. The number of carbonyl (C=O) groups is 1. The molecule has 1 atom stereocenters. The maximum atomic E-state index is 11.2. The molecule has 0 saturated heterocycles. The molecule has 0 heterocycles. The van der Waals surface area contributed by atoms with E-state index in [0.29, 0.717) is 0 Å². The molecule has 1 unspecified atom stereocenters. The highest BCUT2D eigenvalue weighted by molar-refractivity contribution is 5.81. The van der Waals surface area contributed by atoms with Crippen LogP contribution in [0.3, 0.4) is 0 Å². The van der Waals surface area contributed by atoms with Crippen molar-refractivity contribution in [1.82, 2.24) is 0 Å². The zero-order valence-electron chi connectivity index (χ0n) is 11.5. The second-order valence-electron chi connectivity index (χ2n) is 4.61. The zero-order chi connectivity index (χ0) is 12.9. The van der Waals surface area contributed by atoms with E-state index in [2.05, 4.69) is 20.4 Å². The summed E-state index contributed by atoms with van der Waals surface area (Å²) in [6.45, 7) is 7.84. The fraction of sp³-hybridized carbons (Fsp3) is 0.800. The fourth-order valence-corrected chi connectivity index (χ4v) is 1.90. The Kier molecular flexibility index (Phi) is 11.1. The van der Waals surface area contributed by atoms with E-state index in [-0.39, 0.29) is 12.1 Å². The third-order valence-corrected chi connectivity index (χ3v) is 2.96. The van der Waals surface area contributed by atoms with Gasteiger partial charge in [0.25, 0.3) is 0 Å². The lowest BCUT2D eigenvalue weighted by atomic mass is 10.0. The molecular weight excluding hydrogens is 212 g/mol. The van der Waals surface area contributed by atoms with Gasteiger partial charge in [0.2, 0.25) is 0 Å². The van der Waals surface area contributed by atoms with E-state index in [4.69, 9.17) is 4.74 Å². The van der Waals surface area contributed by atoms with Gasteiger partial charge in [0.1, 0.15) is 6.10 Å². The van der Waals surface area contributed by atoms with Gasteiger partial charge in [-0.25, -0.2) is 4.79 Å². The summed E-state index contributed by atoms with van der Waals surface area (Å²) in [6, 6.07) is 0. The molecular formula is C15H28O2. The molecule has 0 aliphatic rings. The first-order valence-corrected chi connectivity index (χ1v) is 7.07. The Morgan fingerprint density at radius 2 is 1.59 bits per heavy atom. The van der Waals surface area contributed by atoms with Crippen LogP contribution in [0.5, 0.6) is 0 Å². The quantitative estimate of drug-likeness (QED) is 0.299. The molecule has 17 heavy (non-hydrogen) atoms. The number of hydrogen-bond acceptors (Lipinski definition) is 2. The highest BCUT2D eigenvalue weighted by Gasteiger charge is 2.11. The molecule has 2 heteroatoms. The zero-order valence-corrected chi connectivity index (χ0v) is 11.5. The lowest BCUT2D eigenvalue weighted by Gasteiger charge is -2.16. The first kappa shape index (κ1) is 16.2. The van der Waals surface area contributed by atoms with E-state index in [1.807, 2.05) is 0 Å². The number of unbranched alkanes of at least 4 members (excludes halogenated alkanes) is 5. The summed E-state index contributed by atoms with van der Waals surface area (Å²) in [6.07, 6.45) is 11.9. The SMILES string of the molecule is C=CC(=O)OC(CCCCC)CCCCCC. The van der Waals surface area contributed by atoms with Gasteiger partial charge in [-0.15, -0.1) is 0 Å². The van der Waals surface area contributed by atoms with Crippen molar-refractivity contribution < 1.29 is 9.53 Å². The Morgan fingerprint density at radius 3 is 2.12 bits per heavy atom. The van der Waals surface area contributed by atoms with Gasteiger partial charge < -0.3 is 4.74 Å². The molecule has 0 aromatic carbocycles. The molecule has 0 saturated carbocycles. The summed E-state index contributed by atoms with van der Waals surface area (Å²) in [5.41, 5.74) is 0. The van der Waals surface area contributed by atoms with Gasteiger partial charge in [-0.1, -0.05) is 52.5 Å². The Bertz CT molecular complexity index is 199. The maximum Gasteiger partial charge on any atom is 0.330 e. The Balaban J connectivity index is 3.83. The predicted octanol–water partition coefficient (Wildman–Crippen LogP) is 4.63. The van der Waals surface area contributed by atoms with Crippen molar-refractivity contribution in [2.24, 2.45) is 0 Å². The van der Waals surface area contributed by atoms with Gasteiger partial charge in [0.05, 0.1) is 0 Å². The minimum Gasteiger partial charge on any atom is -0.459 e.